The third kappa shape index (κ3) is 7.29. The normalized spacial score (nSPS) is 11.2. The van der Waals surface area contributed by atoms with E-state index in [2.05, 4.69) is 146 Å². The van der Waals surface area contributed by atoms with Crippen LogP contribution in [0.4, 0.5) is 0 Å². The predicted octanol–water partition coefficient (Wildman–Crippen LogP) is 14.3. The van der Waals surface area contributed by atoms with Crippen LogP contribution in [0.5, 0.6) is 0 Å². The maximum atomic E-state index is 5.18. The summed E-state index contributed by atoms with van der Waals surface area (Å²) in [5.41, 5.74) is 12.2. The zero-order chi connectivity index (χ0) is 41.2. The van der Waals surface area contributed by atoms with Crippen LogP contribution in [0.2, 0.25) is 0 Å². The molecule has 11 rings (SSSR count). The average molecular weight is 792 g/mol. The van der Waals surface area contributed by atoms with Gasteiger partial charge in [-0.05, 0) is 68.1 Å². The zero-order valence-corrected chi connectivity index (χ0v) is 33.6. The predicted molar refractivity (Wildman–Crippen MR) is 254 cm³/mol. The van der Waals surface area contributed by atoms with Crippen molar-refractivity contribution in [3.8, 4) is 90.3 Å². The van der Waals surface area contributed by atoms with E-state index in [1.165, 1.54) is 16.2 Å². The highest BCUT2D eigenvalue weighted by Crippen LogP contribution is 2.35. The van der Waals surface area contributed by atoms with Crippen LogP contribution in [0.1, 0.15) is 0 Å². The van der Waals surface area contributed by atoms with Gasteiger partial charge in [0.1, 0.15) is 0 Å². The van der Waals surface area contributed by atoms with E-state index < -0.39 is 0 Å². The van der Waals surface area contributed by atoms with Crippen LogP contribution in [0, 0.1) is 0 Å². The lowest BCUT2D eigenvalue weighted by Crippen LogP contribution is -2.00. The van der Waals surface area contributed by atoms with Gasteiger partial charge in [0, 0.05) is 33.4 Å². The molecule has 0 N–H and O–H groups in total. The molecule has 0 bridgehead atoms. The SMILES string of the molecule is c1ccc(-c2cc(-c3ccc4ccccc4c3)nc(-c3cccc(-c4ccc5c(-c6ccc(-c7nc(-c8ccccc8)nc(-c8ccccc8)n7)cc6)cccc5c4)c3)n2)cc1. The van der Waals surface area contributed by atoms with Gasteiger partial charge in [-0.2, -0.15) is 0 Å². The number of fused-ring (bicyclic) bond motifs is 2. The molecule has 0 aliphatic carbocycles. The largest absolute Gasteiger partial charge is 0.228 e. The van der Waals surface area contributed by atoms with Crippen molar-refractivity contribution in [2.45, 2.75) is 0 Å². The first-order valence-electron chi connectivity index (χ1n) is 20.7. The van der Waals surface area contributed by atoms with E-state index in [0.717, 1.165) is 72.4 Å². The van der Waals surface area contributed by atoms with Crippen molar-refractivity contribution in [2.24, 2.45) is 0 Å². The number of aromatic nitrogens is 5. The molecule has 0 aliphatic rings. The van der Waals surface area contributed by atoms with Gasteiger partial charge in [0.15, 0.2) is 23.3 Å². The fraction of sp³-hybridized carbons (Fsp3) is 0. The fourth-order valence-electron chi connectivity index (χ4n) is 8.12. The van der Waals surface area contributed by atoms with Crippen molar-refractivity contribution < 1.29 is 0 Å². The van der Waals surface area contributed by atoms with Crippen molar-refractivity contribution in [1.29, 1.82) is 0 Å². The number of benzene rings is 9. The molecule has 11 aromatic rings. The van der Waals surface area contributed by atoms with Gasteiger partial charge in [0.2, 0.25) is 0 Å². The van der Waals surface area contributed by atoms with Crippen LogP contribution in [0.15, 0.2) is 224 Å². The topological polar surface area (TPSA) is 64.5 Å². The average Bonchev–Trinajstić information content (AvgIpc) is 3.36. The molecule has 0 saturated heterocycles. The van der Waals surface area contributed by atoms with Crippen molar-refractivity contribution in [3.63, 3.8) is 0 Å². The molecule has 0 aliphatic heterocycles. The first-order chi connectivity index (χ1) is 30.7. The standard InChI is InChI=1S/C57H37N5/c1-4-15-40(16-5-1)52-37-53(48-31-26-38-14-10-11-21-44(38)35-48)59-57(58-52)49-24-12-22-45(36-49)46-32-33-51-47(34-46)23-13-25-50(51)39-27-29-43(30-28-39)56-61-54(41-17-6-2-7-18-41)60-55(62-56)42-19-8-3-9-20-42/h1-37H. The summed E-state index contributed by atoms with van der Waals surface area (Å²) in [7, 11) is 0. The molecule has 2 heterocycles. The molecule has 2 aromatic heterocycles. The Balaban J connectivity index is 0.924. The van der Waals surface area contributed by atoms with E-state index in [1.54, 1.807) is 0 Å². The van der Waals surface area contributed by atoms with Gasteiger partial charge in [-0.25, -0.2) is 24.9 Å². The van der Waals surface area contributed by atoms with Crippen molar-refractivity contribution in [3.05, 3.63) is 224 Å². The Bertz CT molecular complexity index is 3330. The second-order valence-electron chi connectivity index (χ2n) is 15.3. The zero-order valence-electron chi connectivity index (χ0n) is 33.6. The Morgan fingerprint density at radius 2 is 0.645 bits per heavy atom. The van der Waals surface area contributed by atoms with Gasteiger partial charge >= 0.3 is 0 Å². The van der Waals surface area contributed by atoms with Crippen LogP contribution >= 0.6 is 0 Å². The highest BCUT2D eigenvalue weighted by molar-refractivity contribution is 5.99. The van der Waals surface area contributed by atoms with Gasteiger partial charge in [0.25, 0.3) is 0 Å². The first kappa shape index (κ1) is 36.7. The van der Waals surface area contributed by atoms with Crippen LogP contribution in [-0.4, -0.2) is 24.9 Å². The fourth-order valence-corrected chi connectivity index (χ4v) is 8.12. The van der Waals surface area contributed by atoms with Crippen LogP contribution in [0.25, 0.3) is 112 Å². The molecular weight excluding hydrogens is 755 g/mol. The number of hydrogen-bond donors (Lipinski definition) is 0. The molecule has 0 spiro atoms. The highest BCUT2D eigenvalue weighted by atomic mass is 15.0. The lowest BCUT2D eigenvalue weighted by Gasteiger charge is -2.12. The second-order valence-corrected chi connectivity index (χ2v) is 15.3. The molecule has 62 heavy (non-hydrogen) atoms. The Labute approximate surface area is 359 Å². The monoisotopic (exact) mass is 791 g/mol. The number of hydrogen-bond acceptors (Lipinski definition) is 5. The summed E-state index contributed by atoms with van der Waals surface area (Å²) in [5.74, 6) is 2.62. The van der Waals surface area contributed by atoms with Gasteiger partial charge < -0.3 is 0 Å². The summed E-state index contributed by atoms with van der Waals surface area (Å²) in [6.45, 7) is 0. The van der Waals surface area contributed by atoms with Crippen LogP contribution in [0.3, 0.4) is 0 Å². The molecule has 290 valence electrons. The van der Waals surface area contributed by atoms with Crippen molar-refractivity contribution in [2.75, 3.05) is 0 Å². The Morgan fingerprint density at radius 1 is 0.210 bits per heavy atom. The third-order valence-corrected chi connectivity index (χ3v) is 11.3. The Morgan fingerprint density at radius 3 is 1.32 bits per heavy atom. The van der Waals surface area contributed by atoms with E-state index in [1.807, 2.05) is 78.9 Å². The van der Waals surface area contributed by atoms with E-state index in [9.17, 15) is 0 Å². The summed E-state index contributed by atoms with van der Waals surface area (Å²) in [5, 5.41) is 4.72. The minimum Gasteiger partial charge on any atom is -0.228 e. The lowest BCUT2D eigenvalue weighted by molar-refractivity contribution is 1.07. The quantitative estimate of drug-likeness (QED) is 0.153. The second kappa shape index (κ2) is 16.0. The molecule has 0 radical (unpaired) electrons. The Hall–Kier alpha value is -8.41. The number of rotatable bonds is 8. The van der Waals surface area contributed by atoms with E-state index >= 15 is 0 Å². The van der Waals surface area contributed by atoms with Crippen LogP contribution in [-0.2, 0) is 0 Å². The van der Waals surface area contributed by atoms with Crippen LogP contribution < -0.4 is 0 Å². The molecule has 0 atom stereocenters. The van der Waals surface area contributed by atoms with Crippen molar-refractivity contribution in [1.82, 2.24) is 24.9 Å². The van der Waals surface area contributed by atoms with E-state index in [0.29, 0.717) is 23.3 Å². The summed E-state index contributed by atoms with van der Waals surface area (Å²) in [6.07, 6.45) is 0. The maximum Gasteiger partial charge on any atom is 0.164 e. The molecular formula is C57H37N5. The minimum atomic E-state index is 0.635. The van der Waals surface area contributed by atoms with E-state index in [4.69, 9.17) is 24.9 Å². The maximum absolute atomic E-state index is 5.18. The summed E-state index contributed by atoms with van der Waals surface area (Å²) < 4.78 is 0. The number of nitrogens with zero attached hydrogens (tertiary/aromatic N) is 5. The molecule has 0 amide bonds. The molecule has 0 fully saturated rings. The molecule has 9 aromatic carbocycles. The summed E-state index contributed by atoms with van der Waals surface area (Å²) >= 11 is 0. The van der Waals surface area contributed by atoms with Gasteiger partial charge in [0.05, 0.1) is 11.4 Å². The minimum absolute atomic E-state index is 0.635. The third-order valence-electron chi connectivity index (χ3n) is 11.3. The van der Waals surface area contributed by atoms with Gasteiger partial charge in [-0.3, -0.25) is 0 Å². The first-order valence-corrected chi connectivity index (χ1v) is 20.7. The molecule has 5 heteroatoms. The molecule has 5 nitrogen and oxygen atoms in total. The smallest absolute Gasteiger partial charge is 0.164 e. The molecule has 0 saturated carbocycles. The van der Waals surface area contributed by atoms with Gasteiger partial charge in [-0.15, -0.1) is 0 Å². The van der Waals surface area contributed by atoms with Crippen molar-refractivity contribution >= 4 is 21.5 Å². The van der Waals surface area contributed by atoms with Gasteiger partial charge in [-0.1, -0.05) is 200 Å². The highest BCUT2D eigenvalue weighted by Gasteiger charge is 2.15. The lowest BCUT2D eigenvalue weighted by atomic mass is 9.94. The molecule has 0 unspecified atom stereocenters. The van der Waals surface area contributed by atoms with E-state index in [-0.39, 0.29) is 0 Å². The summed E-state index contributed by atoms with van der Waals surface area (Å²) in [4.78, 5) is 25.0. The summed E-state index contributed by atoms with van der Waals surface area (Å²) in [6, 6.07) is 77.8. The Kier molecular flexibility index (Phi) is 9.45.